The smallest absolute Gasteiger partial charge is 0.306 e. The molecule has 0 aromatic heterocycles. The Morgan fingerprint density at radius 3 is 2.79 bits per heavy atom. The van der Waals surface area contributed by atoms with Crippen LogP contribution in [0.2, 0.25) is 0 Å². The summed E-state index contributed by atoms with van der Waals surface area (Å²) in [5.41, 5.74) is 1.88. The number of esters is 1. The highest BCUT2D eigenvalue weighted by Gasteiger charge is 2.47. The van der Waals surface area contributed by atoms with Crippen LogP contribution in [0.3, 0.4) is 0 Å². The molecule has 0 spiro atoms. The van der Waals surface area contributed by atoms with E-state index in [0.717, 1.165) is 11.1 Å². The number of fused-ring (bicyclic) bond motifs is 3. The monoisotopic (exact) mass is 190 g/mol. The van der Waals surface area contributed by atoms with E-state index in [1.165, 1.54) is 0 Å². The molecule has 1 aromatic carbocycles. The number of ether oxygens (including phenoxy) is 1. The zero-order chi connectivity index (χ0) is 9.71. The summed E-state index contributed by atoms with van der Waals surface area (Å²) in [6.45, 7) is 0. The fourth-order valence-electron chi connectivity index (χ4n) is 2.42. The van der Waals surface area contributed by atoms with Gasteiger partial charge >= 0.3 is 5.97 Å². The van der Waals surface area contributed by atoms with Crippen LogP contribution >= 0.6 is 0 Å². The van der Waals surface area contributed by atoms with Crippen molar-refractivity contribution in [3.05, 3.63) is 35.4 Å². The second-order valence-corrected chi connectivity index (χ2v) is 3.85. The summed E-state index contributed by atoms with van der Waals surface area (Å²) >= 11 is 0. The van der Waals surface area contributed by atoms with E-state index in [2.05, 4.69) is 0 Å². The van der Waals surface area contributed by atoms with Crippen LogP contribution < -0.4 is 0 Å². The minimum absolute atomic E-state index is 0.0695. The molecule has 2 aliphatic rings. The number of hydrogen-bond donors (Lipinski definition) is 1. The lowest BCUT2D eigenvalue weighted by atomic mass is 10.0. The summed E-state index contributed by atoms with van der Waals surface area (Å²) in [4.78, 5) is 11.1. The van der Waals surface area contributed by atoms with Crippen LogP contribution in [0.15, 0.2) is 24.3 Å². The highest BCUT2D eigenvalue weighted by molar-refractivity contribution is 5.73. The number of aliphatic hydroxyl groups excluding tert-OH is 1. The van der Waals surface area contributed by atoms with Crippen LogP contribution in [0.5, 0.6) is 0 Å². The van der Waals surface area contributed by atoms with Gasteiger partial charge in [-0.2, -0.15) is 0 Å². The quantitative estimate of drug-likeness (QED) is 0.628. The first-order valence-electron chi connectivity index (χ1n) is 4.74. The summed E-state index contributed by atoms with van der Waals surface area (Å²) in [7, 11) is 0. The third kappa shape index (κ3) is 0.876. The van der Waals surface area contributed by atoms with Crippen LogP contribution in [0.1, 0.15) is 29.8 Å². The molecule has 1 N–H and O–H groups in total. The van der Waals surface area contributed by atoms with E-state index in [1.54, 1.807) is 0 Å². The molecule has 0 saturated carbocycles. The van der Waals surface area contributed by atoms with Gasteiger partial charge in [-0.05, 0) is 11.1 Å². The molecule has 3 atom stereocenters. The lowest BCUT2D eigenvalue weighted by Gasteiger charge is -2.09. The third-order valence-electron chi connectivity index (χ3n) is 3.08. The average Bonchev–Trinajstić information content (AvgIpc) is 2.68. The summed E-state index contributed by atoms with van der Waals surface area (Å²) in [5.74, 6) is -0.270. The van der Waals surface area contributed by atoms with Crippen molar-refractivity contribution >= 4 is 5.97 Å². The molecule has 1 aliphatic carbocycles. The number of benzene rings is 1. The van der Waals surface area contributed by atoms with Gasteiger partial charge in [-0.15, -0.1) is 0 Å². The zero-order valence-corrected chi connectivity index (χ0v) is 7.51. The molecule has 1 aliphatic heterocycles. The van der Waals surface area contributed by atoms with Crippen molar-refractivity contribution in [1.82, 2.24) is 0 Å². The molecule has 0 bridgehead atoms. The number of carbonyl (C=O) groups excluding carboxylic acids is 1. The summed E-state index contributed by atoms with van der Waals surface area (Å²) < 4.78 is 5.18. The first-order valence-corrected chi connectivity index (χ1v) is 4.74. The molecular weight excluding hydrogens is 180 g/mol. The Bertz CT molecular complexity index is 399. The molecule has 1 aromatic rings. The van der Waals surface area contributed by atoms with Crippen molar-refractivity contribution in [2.75, 3.05) is 0 Å². The Labute approximate surface area is 81.3 Å². The molecule has 1 heterocycles. The molecule has 14 heavy (non-hydrogen) atoms. The molecule has 3 heteroatoms. The fraction of sp³-hybridized carbons (Fsp3) is 0.364. The maximum atomic E-state index is 11.1. The largest absolute Gasteiger partial charge is 0.457 e. The Hall–Kier alpha value is -1.35. The van der Waals surface area contributed by atoms with Gasteiger partial charge in [0.1, 0.15) is 6.10 Å². The van der Waals surface area contributed by atoms with E-state index in [4.69, 9.17) is 4.74 Å². The van der Waals surface area contributed by atoms with Crippen LogP contribution in [-0.4, -0.2) is 11.1 Å². The minimum Gasteiger partial charge on any atom is -0.457 e. The number of carbonyl (C=O) groups is 1. The summed E-state index contributed by atoms with van der Waals surface area (Å²) in [6, 6.07) is 7.61. The predicted octanol–water partition coefficient (Wildman–Crippen LogP) is 1.34. The second-order valence-electron chi connectivity index (χ2n) is 3.85. The summed E-state index contributed by atoms with van der Waals surface area (Å²) in [5, 5.41) is 9.94. The van der Waals surface area contributed by atoms with Crippen molar-refractivity contribution in [3.63, 3.8) is 0 Å². The Balaban J connectivity index is 2.11. The highest BCUT2D eigenvalue weighted by Crippen LogP contribution is 2.50. The molecule has 1 saturated heterocycles. The minimum atomic E-state index is -0.539. The average molecular weight is 190 g/mol. The van der Waals surface area contributed by atoms with Crippen molar-refractivity contribution in [3.8, 4) is 0 Å². The maximum absolute atomic E-state index is 11.1. The first-order chi connectivity index (χ1) is 6.77. The van der Waals surface area contributed by atoms with E-state index in [9.17, 15) is 9.90 Å². The Kier molecular flexibility index (Phi) is 1.47. The van der Waals surface area contributed by atoms with Gasteiger partial charge in [0.05, 0.1) is 12.5 Å². The van der Waals surface area contributed by atoms with Gasteiger partial charge < -0.3 is 9.84 Å². The lowest BCUT2D eigenvalue weighted by Crippen LogP contribution is -2.06. The fourth-order valence-corrected chi connectivity index (χ4v) is 2.42. The highest BCUT2D eigenvalue weighted by atomic mass is 16.6. The Morgan fingerprint density at radius 2 is 2.00 bits per heavy atom. The van der Waals surface area contributed by atoms with Gasteiger partial charge in [0.15, 0.2) is 0 Å². The number of hydrogen-bond acceptors (Lipinski definition) is 3. The maximum Gasteiger partial charge on any atom is 0.306 e. The van der Waals surface area contributed by atoms with Crippen LogP contribution in [-0.2, 0) is 9.53 Å². The van der Waals surface area contributed by atoms with Gasteiger partial charge in [0.25, 0.3) is 0 Å². The van der Waals surface area contributed by atoms with Gasteiger partial charge in [0, 0.05) is 5.92 Å². The van der Waals surface area contributed by atoms with Crippen molar-refractivity contribution < 1.29 is 14.6 Å². The molecule has 1 fully saturated rings. The zero-order valence-electron chi connectivity index (χ0n) is 7.51. The number of rotatable bonds is 0. The van der Waals surface area contributed by atoms with Gasteiger partial charge in [-0.1, -0.05) is 24.3 Å². The van der Waals surface area contributed by atoms with E-state index < -0.39 is 6.10 Å². The molecular formula is C11H10O3. The molecule has 72 valence electrons. The van der Waals surface area contributed by atoms with Crippen LogP contribution in [0.25, 0.3) is 0 Å². The standard InChI is InChI=1S/C11H10O3/c12-9-5-8-10(13)6-3-1-2-4-7(6)11(8)14-9/h1-4,8,10-11,13H,5H2/t8-,10-,11+/m1/s1. The number of aliphatic hydroxyl groups is 1. The third-order valence-corrected chi connectivity index (χ3v) is 3.08. The molecule has 0 radical (unpaired) electrons. The topological polar surface area (TPSA) is 46.5 Å². The van der Waals surface area contributed by atoms with E-state index in [1.807, 2.05) is 24.3 Å². The van der Waals surface area contributed by atoms with Crippen molar-refractivity contribution in [2.24, 2.45) is 5.92 Å². The van der Waals surface area contributed by atoms with Crippen molar-refractivity contribution in [1.29, 1.82) is 0 Å². The SMILES string of the molecule is O=C1C[C@@H]2[C@H](O)c3ccccc3[C@@H]2O1. The second kappa shape index (κ2) is 2.58. The predicted molar refractivity (Wildman–Crippen MR) is 48.3 cm³/mol. The van der Waals surface area contributed by atoms with Crippen LogP contribution in [0, 0.1) is 5.92 Å². The summed E-state index contributed by atoms with van der Waals surface area (Å²) in [6.07, 6.45) is -0.420. The lowest BCUT2D eigenvalue weighted by molar-refractivity contribution is -0.141. The van der Waals surface area contributed by atoms with Gasteiger partial charge in [-0.25, -0.2) is 0 Å². The first kappa shape index (κ1) is 8.00. The molecule has 3 rings (SSSR count). The van der Waals surface area contributed by atoms with E-state index in [0.29, 0.717) is 6.42 Å². The normalized spacial score (nSPS) is 33.8. The van der Waals surface area contributed by atoms with E-state index >= 15 is 0 Å². The molecule has 3 nitrogen and oxygen atoms in total. The Morgan fingerprint density at radius 1 is 1.29 bits per heavy atom. The molecule has 0 unspecified atom stereocenters. The van der Waals surface area contributed by atoms with Crippen LogP contribution in [0.4, 0.5) is 0 Å². The molecule has 0 amide bonds. The van der Waals surface area contributed by atoms with Gasteiger partial charge in [0.2, 0.25) is 0 Å². The van der Waals surface area contributed by atoms with Crippen molar-refractivity contribution in [2.45, 2.75) is 18.6 Å². The van der Waals surface area contributed by atoms with Gasteiger partial charge in [-0.3, -0.25) is 4.79 Å². The van der Waals surface area contributed by atoms with E-state index in [-0.39, 0.29) is 18.0 Å².